The van der Waals surface area contributed by atoms with Gasteiger partial charge in [0.15, 0.2) is 0 Å². The molecule has 0 aromatic carbocycles. The number of aliphatic hydroxyl groups is 1. The minimum Gasteiger partial charge on any atom is -0.396 e. The van der Waals surface area contributed by atoms with Gasteiger partial charge in [0.05, 0.1) is 0 Å². The van der Waals surface area contributed by atoms with Gasteiger partial charge >= 0.3 is 0 Å². The Kier molecular flexibility index (Phi) is 4.48. The summed E-state index contributed by atoms with van der Waals surface area (Å²) in [6.07, 6.45) is 16.8. The summed E-state index contributed by atoms with van der Waals surface area (Å²) in [5, 5.41) is 13.4. The van der Waals surface area contributed by atoms with E-state index in [1.54, 1.807) is 0 Å². The number of aliphatic hydroxyl groups excluding tert-OH is 1. The van der Waals surface area contributed by atoms with Crippen molar-refractivity contribution in [3.8, 4) is 0 Å². The van der Waals surface area contributed by atoms with Crippen molar-refractivity contribution in [1.82, 2.24) is 5.32 Å². The Morgan fingerprint density at radius 2 is 1.53 bits per heavy atom. The minimum absolute atomic E-state index is 0.383. The molecule has 2 N–H and O–H groups in total. The van der Waals surface area contributed by atoms with Crippen LogP contribution in [0.2, 0.25) is 0 Å². The molecule has 2 heteroatoms. The molecule has 0 aromatic heterocycles. The van der Waals surface area contributed by atoms with E-state index < -0.39 is 0 Å². The van der Waals surface area contributed by atoms with Crippen LogP contribution in [0.3, 0.4) is 0 Å². The molecular weight excluding hydrogens is 234 g/mol. The average Bonchev–Trinajstić information content (AvgIpc) is 2.91. The first kappa shape index (κ1) is 13.9. The van der Waals surface area contributed by atoms with E-state index in [2.05, 4.69) is 5.32 Å². The fraction of sp³-hybridized carbons (Fsp3) is 1.00. The van der Waals surface area contributed by atoms with Gasteiger partial charge in [-0.3, -0.25) is 0 Å². The lowest BCUT2D eigenvalue weighted by molar-refractivity contribution is 0.119. The predicted octanol–water partition coefficient (Wildman–Crippen LogP) is 3.63. The Morgan fingerprint density at radius 3 is 2.21 bits per heavy atom. The van der Waals surface area contributed by atoms with Crippen LogP contribution in [-0.4, -0.2) is 23.8 Å². The normalized spacial score (nSPS) is 35.8. The number of hydrogen-bond donors (Lipinski definition) is 2. The van der Waals surface area contributed by atoms with Crippen LogP contribution in [0.15, 0.2) is 0 Å². The van der Waals surface area contributed by atoms with E-state index in [4.69, 9.17) is 0 Å². The predicted molar refractivity (Wildman–Crippen MR) is 79.1 cm³/mol. The SMILES string of the molecule is OCC1CCCCC1NC1CCC2(CCCC2)CC1. The quantitative estimate of drug-likeness (QED) is 0.816. The number of hydrogen-bond acceptors (Lipinski definition) is 2. The van der Waals surface area contributed by atoms with Crippen LogP contribution in [0.1, 0.15) is 77.0 Å². The van der Waals surface area contributed by atoms with E-state index in [0.717, 1.165) is 11.5 Å². The van der Waals surface area contributed by atoms with Gasteiger partial charge in [-0.05, 0) is 62.7 Å². The molecule has 3 saturated carbocycles. The monoisotopic (exact) mass is 265 g/mol. The Balaban J connectivity index is 1.48. The molecule has 0 aromatic rings. The van der Waals surface area contributed by atoms with Crippen LogP contribution in [-0.2, 0) is 0 Å². The molecule has 0 bridgehead atoms. The van der Waals surface area contributed by atoms with Gasteiger partial charge in [0.1, 0.15) is 0 Å². The summed E-state index contributed by atoms with van der Waals surface area (Å²) < 4.78 is 0. The molecule has 3 aliphatic rings. The highest BCUT2D eigenvalue weighted by atomic mass is 16.3. The van der Waals surface area contributed by atoms with Gasteiger partial charge < -0.3 is 10.4 Å². The molecule has 19 heavy (non-hydrogen) atoms. The third-order valence-corrected chi connectivity index (χ3v) is 6.30. The number of rotatable bonds is 3. The summed E-state index contributed by atoms with van der Waals surface area (Å²) in [5.41, 5.74) is 0.751. The lowest BCUT2D eigenvalue weighted by Crippen LogP contribution is -2.47. The maximum absolute atomic E-state index is 9.52. The zero-order chi connectivity index (χ0) is 13.1. The van der Waals surface area contributed by atoms with E-state index in [1.165, 1.54) is 77.0 Å². The van der Waals surface area contributed by atoms with Crippen LogP contribution in [0.25, 0.3) is 0 Å². The molecule has 2 atom stereocenters. The molecule has 1 spiro atoms. The molecule has 110 valence electrons. The molecule has 0 amide bonds. The zero-order valence-corrected chi connectivity index (χ0v) is 12.4. The van der Waals surface area contributed by atoms with E-state index in [-0.39, 0.29) is 0 Å². The largest absolute Gasteiger partial charge is 0.396 e. The Bertz CT molecular complexity index is 275. The van der Waals surface area contributed by atoms with Crippen molar-refractivity contribution in [3.05, 3.63) is 0 Å². The van der Waals surface area contributed by atoms with Crippen molar-refractivity contribution in [1.29, 1.82) is 0 Å². The second-order valence-electron chi connectivity index (χ2n) is 7.48. The van der Waals surface area contributed by atoms with Gasteiger partial charge in [0.2, 0.25) is 0 Å². The highest BCUT2D eigenvalue weighted by molar-refractivity contribution is 4.93. The van der Waals surface area contributed by atoms with Crippen molar-refractivity contribution >= 4 is 0 Å². The molecule has 3 aliphatic carbocycles. The average molecular weight is 265 g/mol. The van der Waals surface area contributed by atoms with E-state index in [0.29, 0.717) is 18.6 Å². The Hall–Kier alpha value is -0.0800. The maximum Gasteiger partial charge on any atom is 0.0474 e. The fourth-order valence-corrected chi connectivity index (χ4v) is 4.97. The molecule has 0 saturated heterocycles. The van der Waals surface area contributed by atoms with Crippen LogP contribution in [0.5, 0.6) is 0 Å². The summed E-state index contributed by atoms with van der Waals surface area (Å²) in [6.45, 7) is 0.383. The van der Waals surface area contributed by atoms with Crippen LogP contribution >= 0.6 is 0 Å². The van der Waals surface area contributed by atoms with Crippen LogP contribution in [0, 0.1) is 11.3 Å². The van der Waals surface area contributed by atoms with Crippen molar-refractivity contribution < 1.29 is 5.11 Å². The van der Waals surface area contributed by atoms with E-state index in [1.807, 2.05) is 0 Å². The van der Waals surface area contributed by atoms with Gasteiger partial charge in [-0.2, -0.15) is 0 Å². The van der Waals surface area contributed by atoms with Gasteiger partial charge in [-0.1, -0.05) is 25.7 Å². The van der Waals surface area contributed by atoms with Crippen LogP contribution < -0.4 is 5.32 Å². The first-order valence-electron chi connectivity index (χ1n) is 8.68. The first-order chi connectivity index (χ1) is 9.31. The van der Waals surface area contributed by atoms with E-state index in [9.17, 15) is 5.11 Å². The Morgan fingerprint density at radius 1 is 0.842 bits per heavy atom. The second kappa shape index (κ2) is 6.13. The van der Waals surface area contributed by atoms with Gasteiger partial charge in [-0.25, -0.2) is 0 Å². The topological polar surface area (TPSA) is 32.3 Å². The Labute approximate surface area is 118 Å². The third-order valence-electron chi connectivity index (χ3n) is 6.30. The highest BCUT2D eigenvalue weighted by Gasteiger charge is 2.38. The molecule has 0 radical (unpaired) electrons. The van der Waals surface area contributed by atoms with Crippen LogP contribution in [0.4, 0.5) is 0 Å². The smallest absolute Gasteiger partial charge is 0.0474 e. The zero-order valence-electron chi connectivity index (χ0n) is 12.4. The number of nitrogens with one attached hydrogen (secondary N) is 1. The summed E-state index contributed by atoms with van der Waals surface area (Å²) in [4.78, 5) is 0. The molecule has 2 unspecified atom stereocenters. The molecule has 0 heterocycles. The van der Waals surface area contributed by atoms with Gasteiger partial charge in [-0.15, -0.1) is 0 Å². The lowest BCUT2D eigenvalue weighted by atomic mass is 9.71. The molecule has 3 fully saturated rings. The third kappa shape index (κ3) is 3.16. The molecule has 0 aliphatic heterocycles. The summed E-state index contributed by atoms with van der Waals surface area (Å²) in [5.74, 6) is 0.524. The summed E-state index contributed by atoms with van der Waals surface area (Å²) in [6, 6.07) is 1.34. The van der Waals surface area contributed by atoms with Crippen molar-refractivity contribution in [2.45, 2.75) is 89.1 Å². The maximum atomic E-state index is 9.52. The van der Waals surface area contributed by atoms with Gasteiger partial charge in [0.25, 0.3) is 0 Å². The summed E-state index contributed by atoms with van der Waals surface area (Å²) in [7, 11) is 0. The van der Waals surface area contributed by atoms with E-state index >= 15 is 0 Å². The molecule has 2 nitrogen and oxygen atoms in total. The second-order valence-corrected chi connectivity index (χ2v) is 7.48. The lowest BCUT2D eigenvalue weighted by Gasteiger charge is -2.41. The van der Waals surface area contributed by atoms with Crippen molar-refractivity contribution in [2.75, 3.05) is 6.61 Å². The minimum atomic E-state index is 0.383. The standard InChI is InChI=1S/C17H31NO/c19-13-14-5-1-2-6-16(14)18-15-7-11-17(12-8-15)9-3-4-10-17/h14-16,18-19H,1-13H2. The van der Waals surface area contributed by atoms with Gasteiger partial charge in [0, 0.05) is 18.7 Å². The fourth-order valence-electron chi connectivity index (χ4n) is 4.97. The van der Waals surface area contributed by atoms with Crippen molar-refractivity contribution in [2.24, 2.45) is 11.3 Å². The molecule has 3 rings (SSSR count). The molecular formula is C17H31NO. The summed E-state index contributed by atoms with van der Waals surface area (Å²) >= 11 is 0. The highest BCUT2D eigenvalue weighted by Crippen LogP contribution is 2.49. The van der Waals surface area contributed by atoms with Crippen molar-refractivity contribution in [3.63, 3.8) is 0 Å². The first-order valence-corrected chi connectivity index (χ1v) is 8.68.